The summed E-state index contributed by atoms with van der Waals surface area (Å²) in [5.74, 6) is -0.740. The molecule has 2 N–H and O–H groups in total. The highest BCUT2D eigenvalue weighted by molar-refractivity contribution is 6.19. The summed E-state index contributed by atoms with van der Waals surface area (Å²) in [7, 11) is 0. The van der Waals surface area contributed by atoms with Crippen LogP contribution in [-0.2, 0) is 11.0 Å². The van der Waals surface area contributed by atoms with Crippen molar-refractivity contribution < 1.29 is 27.2 Å². The number of alkyl halides is 4. The van der Waals surface area contributed by atoms with Crippen LogP contribution in [0.3, 0.4) is 0 Å². The highest BCUT2D eigenvalue weighted by Crippen LogP contribution is 2.30. The van der Waals surface area contributed by atoms with Crippen LogP contribution in [-0.4, -0.2) is 30.9 Å². The molecule has 0 spiro atoms. The molecule has 0 saturated heterocycles. The Hall–Kier alpha value is -2.81. The number of rotatable bonds is 7. The van der Waals surface area contributed by atoms with Crippen LogP contribution in [0, 0.1) is 11.2 Å². The van der Waals surface area contributed by atoms with Gasteiger partial charge in [0, 0.05) is 30.3 Å². The second kappa shape index (κ2) is 10.00. The summed E-state index contributed by atoms with van der Waals surface area (Å²) in [6.45, 7) is 3.36. The summed E-state index contributed by atoms with van der Waals surface area (Å²) in [5.41, 5.74) is -1.48. The molecule has 168 valence electrons. The minimum absolute atomic E-state index is 0.0134. The maximum atomic E-state index is 13.3. The normalized spacial score (nSPS) is 11.7. The molecule has 0 radical (unpaired) electrons. The number of halogens is 5. The van der Waals surface area contributed by atoms with E-state index in [1.54, 1.807) is 13.8 Å². The number of benzene rings is 2. The van der Waals surface area contributed by atoms with Crippen molar-refractivity contribution in [1.29, 1.82) is 0 Å². The van der Waals surface area contributed by atoms with Gasteiger partial charge in [0.1, 0.15) is 5.82 Å². The van der Waals surface area contributed by atoms with Gasteiger partial charge in [-0.05, 0) is 56.3 Å². The Morgan fingerprint density at radius 3 is 2.29 bits per heavy atom. The second-order valence-corrected chi connectivity index (χ2v) is 7.68. The van der Waals surface area contributed by atoms with Crippen LogP contribution in [0.15, 0.2) is 48.5 Å². The average molecular weight is 460 g/mol. The molecule has 0 fully saturated rings. The molecule has 0 bridgehead atoms. The molecule has 31 heavy (non-hydrogen) atoms. The lowest BCUT2D eigenvalue weighted by Crippen LogP contribution is -2.44. The zero-order chi connectivity index (χ0) is 23.2. The highest BCUT2D eigenvalue weighted by Gasteiger charge is 2.31. The maximum absolute atomic E-state index is 13.3. The van der Waals surface area contributed by atoms with Crippen molar-refractivity contribution in [2.75, 3.05) is 29.2 Å². The lowest BCUT2D eigenvalue weighted by atomic mass is 9.95. The van der Waals surface area contributed by atoms with Crippen LogP contribution in [0.4, 0.5) is 33.7 Å². The van der Waals surface area contributed by atoms with Crippen LogP contribution in [0.1, 0.15) is 19.4 Å². The van der Waals surface area contributed by atoms with Gasteiger partial charge in [-0.25, -0.2) is 9.18 Å². The lowest BCUT2D eigenvalue weighted by Gasteiger charge is -2.25. The number of nitrogens with one attached hydrogen (secondary N) is 2. The molecule has 0 unspecified atom stereocenters. The summed E-state index contributed by atoms with van der Waals surface area (Å²) >= 11 is 5.77. The molecule has 3 amide bonds. The minimum atomic E-state index is -4.56. The highest BCUT2D eigenvalue weighted by atomic mass is 35.5. The fourth-order valence-electron chi connectivity index (χ4n) is 2.51. The molecule has 0 aliphatic heterocycles. The fraction of sp³-hybridized carbons (Fsp3) is 0.333. The standard InChI is InChI=1S/C21H22ClF4N3O2/c1-20(2,13-22)18(30)27-10-11-29(17-8-6-15(23)7-9-17)19(31)28-16-5-3-4-14(12-16)21(24,25)26/h3-9,12H,10-11,13H2,1-2H3,(H,27,30)(H,28,31). The second-order valence-electron chi connectivity index (χ2n) is 7.41. The number of carbonyl (C=O) groups is 2. The minimum Gasteiger partial charge on any atom is -0.354 e. The molecule has 0 aliphatic rings. The summed E-state index contributed by atoms with van der Waals surface area (Å²) in [6, 6.07) is 8.46. The molecule has 10 heteroatoms. The third-order valence-corrected chi connectivity index (χ3v) is 5.06. The Kier molecular flexibility index (Phi) is 7.89. The number of amides is 3. The molecule has 0 atom stereocenters. The monoisotopic (exact) mass is 459 g/mol. The van der Waals surface area contributed by atoms with Crippen LogP contribution >= 0.6 is 11.6 Å². The molecule has 2 aromatic rings. The summed E-state index contributed by atoms with van der Waals surface area (Å²) < 4.78 is 52.1. The van der Waals surface area contributed by atoms with E-state index in [4.69, 9.17) is 11.6 Å². The Labute approximate surface area is 182 Å². The summed E-state index contributed by atoms with van der Waals surface area (Å²) in [6.07, 6.45) is -4.56. The van der Waals surface area contributed by atoms with E-state index < -0.39 is 29.0 Å². The van der Waals surface area contributed by atoms with Crippen molar-refractivity contribution >= 4 is 34.9 Å². The fourth-order valence-corrected chi connectivity index (χ4v) is 2.64. The molecule has 0 saturated carbocycles. The first-order chi connectivity index (χ1) is 14.4. The van der Waals surface area contributed by atoms with Gasteiger partial charge in [-0.2, -0.15) is 13.2 Å². The van der Waals surface area contributed by atoms with E-state index in [1.165, 1.54) is 29.2 Å². The predicted molar refractivity (Wildman–Crippen MR) is 112 cm³/mol. The summed E-state index contributed by atoms with van der Waals surface area (Å²) in [5, 5.41) is 5.07. The van der Waals surface area contributed by atoms with E-state index in [0.29, 0.717) is 5.69 Å². The van der Waals surface area contributed by atoms with E-state index >= 15 is 0 Å². The Bertz CT molecular complexity index is 918. The van der Waals surface area contributed by atoms with Crippen molar-refractivity contribution in [2.24, 2.45) is 5.41 Å². The van der Waals surface area contributed by atoms with Crippen molar-refractivity contribution in [1.82, 2.24) is 5.32 Å². The largest absolute Gasteiger partial charge is 0.416 e. The van der Waals surface area contributed by atoms with Crippen molar-refractivity contribution in [3.05, 3.63) is 59.9 Å². The Morgan fingerprint density at radius 2 is 1.71 bits per heavy atom. The maximum Gasteiger partial charge on any atom is 0.416 e. The smallest absolute Gasteiger partial charge is 0.354 e. The Balaban J connectivity index is 2.17. The van der Waals surface area contributed by atoms with Crippen LogP contribution in [0.25, 0.3) is 0 Å². The van der Waals surface area contributed by atoms with Gasteiger partial charge in [0.25, 0.3) is 0 Å². The van der Waals surface area contributed by atoms with Gasteiger partial charge in [0.15, 0.2) is 0 Å². The number of hydrogen-bond acceptors (Lipinski definition) is 2. The van der Waals surface area contributed by atoms with E-state index in [2.05, 4.69) is 10.6 Å². The van der Waals surface area contributed by atoms with Crippen LogP contribution in [0.5, 0.6) is 0 Å². The zero-order valence-electron chi connectivity index (χ0n) is 16.9. The van der Waals surface area contributed by atoms with Crippen LogP contribution in [0.2, 0.25) is 0 Å². The van der Waals surface area contributed by atoms with Crippen molar-refractivity contribution in [3.8, 4) is 0 Å². The predicted octanol–water partition coefficient (Wildman–Crippen LogP) is 5.26. The first-order valence-electron chi connectivity index (χ1n) is 9.29. The quantitative estimate of drug-likeness (QED) is 0.438. The van der Waals surface area contributed by atoms with Crippen molar-refractivity contribution in [2.45, 2.75) is 20.0 Å². The first kappa shape index (κ1) is 24.5. The first-order valence-corrected chi connectivity index (χ1v) is 9.83. The Morgan fingerprint density at radius 1 is 1.06 bits per heavy atom. The van der Waals surface area contributed by atoms with Gasteiger partial charge in [0.2, 0.25) is 5.91 Å². The van der Waals surface area contributed by atoms with E-state index in [0.717, 1.165) is 24.3 Å². The molecule has 2 aromatic carbocycles. The van der Waals surface area contributed by atoms with Gasteiger partial charge < -0.3 is 10.6 Å². The molecule has 5 nitrogen and oxygen atoms in total. The lowest BCUT2D eigenvalue weighted by molar-refractivity contribution is -0.137. The third-order valence-electron chi connectivity index (χ3n) is 4.39. The van der Waals surface area contributed by atoms with Gasteiger partial charge >= 0.3 is 12.2 Å². The number of urea groups is 1. The molecule has 0 heterocycles. The molecule has 2 rings (SSSR count). The topological polar surface area (TPSA) is 61.4 Å². The average Bonchev–Trinajstić information content (AvgIpc) is 2.71. The third kappa shape index (κ3) is 6.85. The number of nitrogens with zero attached hydrogens (tertiary/aromatic N) is 1. The molecule has 0 aromatic heterocycles. The number of hydrogen-bond donors (Lipinski definition) is 2. The SMILES string of the molecule is CC(C)(CCl)C(=O)NCCN(C(=O)Nc1cccc(C(F)(F)F)c1)c1ccc(F)cc1. The van der Waals surface area contributed by atoms with E-state index in [9.17, 15) is 27.2 Å². The summed E-state index contributed by atoms with van der Waals surface area (Å²) in [4.78, 5) is 26.2. The van der Waals surface area contributed by atoms with Gasteiger partial charge in [-0.3, -0.25) is 9.69 Å². The van der Waals surface area contributed by atoms with Gasteiger partial charge in [0.05, 0.1) is 11.0 Å². The number of anilines is 2. The van der Waals surface area contributed by atoms with E-state index in [-0.39, 0.29) is 30.6 Å². The molecular weight excluding hydrogens is 438 g/mol. The zero-order valence-corrected chi connectivity index (χ0v) is 17.6. The van der Waals surface area contributed by atoms with E-state index in [1.807, 2.05) is 0 Å². The van der Waals surface area contributed by atoms with Gasteiger partial charge in [-0.1, -0.05) is 6.07 Å². The van der Waals surface area contributed by atoms with Gasteiger partial charge in [-0.15, -0.1) is 11.6 Å². The molecular formula is C21H22ClF4N3O2. The number of carbonyl (C=O) groups excluding carboxylic acids is 2. The van der Waals surface area contributed by atoms with Crippen LogP contribution < -0.4 is 15.5 Å². The molecule has 0 aliphatic carbocycles. The van der Waals surface area contributed by atoms with Crippen molar-refractivity contribution in [3.63, 3.8) is 0 Å².